The fraction of sp³-hybridized carbons (Fsp3) is 0.286. The maximum absolute atomic E-state index is 13.0. The lowest BCUT2D eigenvalue weighted by molar-refractivity contribution is 0.586. The Bertz CT molecular complexity index is 534. The fourth-order valence-corrected chi connectivity index (χ4v) is 3.49. The van der Waals surface area contributed by atoms with Crippen molar-refractivity contribution in [3.63, 3.8) is 0 Å². The molecule has 0 radical (unpaired) electrons. The topological polar surface area (TPSA) is 12.0 Å². The van der Waals surface area contributed by atoms with Crippen molar-refractivity contribution in [1.82, 2.24) is 5.32 Å². The van der Waals surface area contributed by atoms with Gasteiger partial charge in [-0.15, -0.1) is 11.3 Å². The van der Waals surface area contributed by atoms with Crippen LogP contribution in [-0.4, -0.2) is 7.05 Å². The first-order valence-electron chi connectivity index (χ1n) is 5.88. The molecule has 2 aromatic rings. The molecule has 4 heteroatoms. The van der Waals surface area contributed by atoms with E-state index in [1.165, 1.54) is 17.0 Å². The summed E-state index contributed by atoms with van der Waals surface area (Å²) in [5.74, 6) is -0.304. The van der Waals surface area contributed by atoms with E-state index in [9.17, 15) is 4.39 Å². The van der Waals surface area contributed by atoms with Crippen LogP contribution in [0.1, 0.15) is 24.3 Å². The van der Waals surface area contributed by atoms with E-state index in [1.807, 2.05) is 13.1 Å². The first-order chi connectivity index (χ1) is 8.65. The number of halogens is 2. The Balaban J connectivity index is 2.34. The third-order valence-corrected chi connectivity index (χ3v) is 4.47. The van der Waals surface area contributed by atoms with E-state index in [0.717, 1.165) is 16.9 Å². The highest BCUT2D eigenvalue weighted by Gasteiger charge is 2.12. The third kappa shape index (κ3) is 2.74. The lowest BCUT2D eigenvalue weighted by atomic mass is 10.1. The Morgan fingerprint density at radius 2 is 2.11 bits per heavy atom. The minimum atomic E-state index is -0.304. The lowest BCUT2D eigenvalue weighted by Crippen LogP contribution is -2.13. The van der Waals surface area contributed by atoms with E-state index in [0.29, 0.717) is 11.1 Å². The van der Waals surface area contributed by atoms with E-state index < -0.39 is 0 Å². The van der Waals surface area contributed by atoms with Crippen LogP contribution in [0.4, 0.5) is 4.39 Å². The molecule has 0 saturated carbocycles. The van der Waals surface area contributed by atoms with Crippen molar-refractivity contribution < 1.29 is 4.39 Å². The van der Waals surface area contributed by atoms with Gasteiger partial charge in [-0.1, -0.05) is 18.5 Å². The van der Waals surface area contributed by atoms with Crippen LogP contribution in [0.3, 0.4) is 0 Å². The second-order valence-corrected chi connectivity index (χ2v) is 5.60. The van der Waals surface area contributed by atoms with Gasteiger partial charge >= 0.3 is 0 Å². The predicted octanol–water partition coefficient (Wildman–Crippen LogP) is 4.88. The highest BCUT2D eigenvalue weighted by atomic mass is 35.5. The van der Waals surface area contributed by atoms with Crippen molar-refractivity contribution in [3.05, 3.63) is 46.0 Å². The van der Waals surface area contributed by atoms with Gasteiger partial charge in [0.05, 0.1) is 5.02 Å². The average molecular weight is 284 g/mol. The molecule has 0 aliphatic carbocycles. The summed E-state index contributed by atoms with van der Waals surface area (Å²) in [5.41, 5.74) is 0.889. The molecule has 1 aromatic heterocycles. The summed E-state index contributed by atoms with van der Waals surface area (Å²) < 4.78 is 13.0. The van der Waals surface area contributed by atoms with Gasteiger partial charge in [-0.05, 0) is 43.8 Å². The number of rotatable bonds is 4. The van der Waals surface area contributed by atoms with Gasteiger partial charge in [0.1, 0.15) is 5.82 Å². The Labute approximate surface area is 116 Å². The lowest BCUT2D eigenvalue weighted by Gasteiger charge is -2.10. The largest absolute Gasteiger partial charge is 0.312 e. The molecule has 0 aliphatic heterocycles. The van der Waals surface area contributed by atoms with Gasteiger partial charge < -0.3 is 5.32 Å². The van der Waals surface area contributed by atoms with Gasteiger partial charge in [0.25, 0.3) is 0 Å². The van der Waals surface area contributed by atoms with Gasteiger partial charge in [0, 0.05) is 21.4 Å². The number of thiophene rings is 1. The van der Waals surface area contributed by atoms with Gasteiger partial charge in [0.15, 0.2) is 0 Å². The van der Waals surface area contributed by atoms with Crippen LogP contribution in [0.15, 0.2) is 30.3 Å². The molecule has 1 heterocycles. The van der Waals surface area contributed by atoms with Crippen LogP contribution in [0, 0.1) is 5.82 Å². The Hall–Kier alpha value is -0.900. The molecule has 1 atom stereocenters. The Kier molecular flexibility index (Phi) is 4.38. The highest BCUT2D eigenvalue weighted by molar-refractivity contribution is 7.15. The summed E-state index contributed by atoms with van der Waals surface area (Å²) in [6.45, 7) is 2.14. The highest BCUT2D eigenvalue weighted by Crippen LogP contribution is 2.36. The first kappa shape index (κ1) is 13.5. The molecule has 96 valence electrons. The number of hydrogen-bond donors (Lipinski definition) is 1. The number of benzene rings is 1. The summed E-state index contributed by atoms with van der Waals surface area (Å²) in [5, 5.41) is 3.73. The number of hydrogen-bond acceptors (Lipinski definition) is 2. The monoisotopic (exact) mass is 283 g/mol. The van der Waals surface area contributed by atoms with Crippen LogP contribution in [-0.2, 0) is 0 Å². The van der Waals surface area contributed by atoms with Gasteiger partial charge in [-0.25, -0.2) is 4.39 Å². The van der Waals surface area contributed by atoms with Crippen LogP contribution < -0.4 is 5.32 Å². The predicted molar refractivity (Wildman–Crippen MR) is 76.8 cm³/mol. The van der Waals surface area contributed by atoms with E-state index in [-0.39, 0.29) is 5.82 Å². The Morgan fingerprint density at radius 1 is 1.33 bits per heavy atom. The second kappa shape index (κ2) is 5.83. The summed E-state index contributed by atoms with van der Waals surface area (Å²) in [4.78, 5) is 2.35. The van der Waals surface area contributed by atoms with E-state index in [1.54, 1.807) is 17.4 Å². The zero-order chi connectivity index (χ0) is 13.1. The van der Waals surface area contributed by atoms with Crippen molar-refractivity contribution >= 4 is 22.9 Å². The molecule has 1 nitrogen and oxygen atoms in total. The molecule has 0 spiro atoms. The molecule has 0 saturated heterocycles. The molecule has 0 bridgehead atoms. The fourth-order valence-electron chi connectivity index (χ4n) is 1.92. The zero-order valence-corrected chi connectivity index (χ0v) is 11.9. The van der Waals surface area contributed by atoms with E-state index in [4.69, 9.17) is 11.6 Å². The second-order valence-electron chi connectivity index (χ2n) is 4.08. The van der Waals surface area contributed by atoms with E-state index in [2.05, 4.69) is 18.3 Å². The average Bonchev–Trinajstić information content (AvgIpc) is 2.80. The van der Waals surface area contributed by atoms with Crippen molar-refractivity contribution in [1.29, 1.82) is 0 Å². The summed E-state index contributed by atoms with van der Waals surface area (Å²) in [6.07, 6.45) is 1.04. The molecule has 2 rings (SSSR count). The first-order valence-corrected chi connectivity index (χ1v) is 7.07. The minimum absolute atomic E-state index is 0.304. The number of nitrogens with one attached hydrogen (secondary N) is 1. The smallest absolute Gasteiger partial charge is 0.124 e. The van der Waals surface area contributed by atoms with Gasteiger partial charge in [-0.3, -0.25) is 0 Å². The van der Waals surface area contributed by atoms with Gasteiger partial charge in [-0.2, -0.15) is 0 Å². The van der Waals surface area contributed by atoms with Crippen molar-refractivity contribution in [3.8, 4) is 10.4 Å². The van der Waals surface area contributed by atoms with Gasteiger partial charge in [0.2, 0.25) is 0 Å². The molecule has 1 aromatic carbocycles. The molecule has 1 unspecified atom stereocenters. The summed E-state index contributed by atoms with van der Waals surface area (Å²) in [7, 11) is 1.96. The molecular formula is C14H15ClFNS. The minimum Gasteiger partial charge on any atom is -0.312 e. The molecule has 1 N–H and O–H groups in total. The van der Waals surface area contributed by atoms with Crippen molar-refractivity contribution in [2.45, 2.75) is 19.4 Å². The zero-order valence-electron chi connectivity index (χ0n) is 10.3. The van der Waals surface area contributed by atoms with E-state index >= 15 is 0 Å². The quantitative estimate of drug-likeness (QED) is 0.843. The van der Waals surface area contributed by atoms with Crippen LogP contribution >= 0.6 is 22.9 Å². The van der Waals surface area contributed by atoms with Crippen molar-refractivity contribution in [2.24, 2.45) is 0 Å². The van der Waals surface area contributed by atoms with Crippen LogP contribution in [0.2, 0.25) is 5.02 Å². The normalized spacial score (nSPS) is 12.7. The Morgan fingerprint density at radius 3 is 2.72 bits per heavy atom. The molecule has 0 aliphatic rings. The van der Waals surface area contributed by atoms with Crippen molar-refractivity contribution in [2.75, 3.05) is 7.05 Å². The molecule has 18 heavy (non-hydrogen) atoms. The standard InChI is InChI=1S/C14H15ClFNS/c1-3-12(17-2)14-7-6-13(18-14)10-5-4-9(16)8-11(10)15/h4-8,12,17H,3H2,1-2H3. The maximum atomic E-state index is 13.0. The summed E-state index contributed by atoms with van der Waals surface area (Å²) >= 11 is 7.77. The third-order valence-electron chi connectivity index (χ3n) is 2.92. The molecular weight excluding hydrogens is 269 g/mol. The molecule has 0 fully saturated rings. The SMILES string of the molecule is CCC(NC)c1ccc(-c2ccc(F)cc2Cl)s1. The van der Waals surface area contributed by atoms with Crippen LogP contribution in [0.5, 0.6) is 0 Å². The van der Waals surface area contributed by atoms with Crippen LogP contribution in [0.25, 0.3) is 10.4 Å². The maximum Gasteiger partial charge on any atom is 0.124 e. The molecule has 0 amide bonds. The summed E-state index contributed by atoms with van der Waals surface area (Å²) in [6, 6.07) is 9.03.